The smallest absolute Gasteiger partial charge is 0.224 e. The molecule has 9 heteroatoms. The van der Waals surface area contributed by atoms with Gasteiger partial charge in [-0.25, -0.2) is 9.97 Å². The molecule has 0 spiro atoms. The van der Waals surface area contributed by atoms with Crippen molar-refractivity contribution in [3.8, 4) is 11.3 Å². The minimum Gasteiger partial charge on any atom is -0.397 e. The van der Waals surface area contributed by atoms with Gasteiger partial charge in [-0.3, -0.25) is 4.79 Å². The monoisotopic (exact) mass is 422 g/mol. The average Bonchev–Trinajstić information content (AvgIpc) is 3.25. The van der Waals surface area contributed by atoms with Gasteiger partial charge in [-0.1, -0.05) is 29.3 Å². The van der Waals surface area contributed by atoms with Gasteiger partial charge in [0.1, 0.15) is 4.83 Å². The Bertz CT molecular complexity index is 1050. The molecule has 0 amide bonds. The Labute approximate surface area is 169 Å². The van der Waals surface area contributed by atoms with Crippen molar-refractivity contribution in [2.75, 3.05) is 24.3 Å². The fourth-order valence-corrected chi connectivity index (χ4v) is 4.32. The molecular weight excluding hydrogens is 407 g/mol. The number of rotatable bonds is 4. The lowest BCUT2D eigenvalue weighted by molar-refractivity contribution is 0.102. The Kier molecular flexibility index (Phi) is 4.94. The number of ketones is 1. The summed E-state index contributed by atoms with van der Waals surface area (Å²) in [6.45, 7) is 2.80. The van der Waals surface area contributed by atoms with E-state index in [0.29, 0.717) is 55.7 Å². The second kappa shape index (κ2) is 7.24. The predicted molar refractivity (Wildman–Crippen MR) is 110 cm³/mol. The van der Waals surface area contributed by atoms with Crippen molar-refractivity contribution in [2.45, 2.75) is 19.4 Å². The largest absolute Gasteiger partial charge is 0.397 e. The topological polar surface area (TPSA) is 90.1 Å². The Morgan fingerprint density at radius 2 is 2.15 bits per heavy atom. The molecule has 6 nitrogen and oxygen atoms in total. The highest BCUT2D eigenvalue weighted by Crippen LogP contribution is 2.40. The number of anilines is 2. The molecule has 4 rings (SSSR count). The number of nitrogens with one attached hydrogen (secondary N) is 1. The van der Waals surface area contributed by atoms with Gasteiger partial charge in [0.25, 0.3) is 0 Å². The molecular formula is C18H16Cl2N4O2S. The maximum Gasteiger partial charge on any atom is 0.224 e. The number of carbonyl (C=O) groups is 1. The number of aromatic nitrogens is 2. The molecule has 0 saturated carbocycles. The molecule has 0 aliphatic carbocycles. The maximum absolute atomic E-state index is 12.0. The van der Waals surface area contributed by atoms with Crippen LogP contribution in [0.4, 0.5) is 11.6 Å². The lowest BCUT2D eigenvalue weighted by Crippen LogP contribution is -2.20. The van der Waals surface area contributed by atoms with Crippen LogP contribution in [0.15, 0.2) is 18.2 Å². The molecule has 0 radical (unpaired) electrons. The number of carbonyl (C=O) groups excluding carboxylic acids is 1. The molecule has 0 unspecified atom stereocenters. The Balaban J connectivity index is 1.91. The number of thiophene rings is 1. The summed E-state index contributed by atoms with van der Waals surface area (Å²) in [6.07, 6.45) is 0.884. The zero-order valence-corrected chi connectivity index (χ0v) is 16.7. The lowest BCUT2D eigenvalue weighted by atomic mass is 10.1. The van der Waals surface area contributed by atoms with Crippen LogP contribution in [0.3, 0.4) is 0 Å². The summed E-state index contributed by atoms with van der Waals surface area (Å²) < 4.78 is 5.40. The standard InChI is InChI=1S/C18H16Cl2N4O2S/c1-8(25)16-14(21)13-15(9-2-3-11(19)12(20)6-9)23-18(24-17(13)27-16)22-10-4-5-26-7-10/h2-3,6,10H,4-5,7,21H2,1H3,(H,22,23,24)/t10-/m0/s1. The van der Waals surface area contributed by atoms with Crippen molar-refractivity contribution >= 4 is 62.2 Å². The van der Waals surface area contributed by atoms with Crippen LogP contribution in [0.2, 0.25) is 10.0 Å². The molecule has 0 bridgehead atoms. The van der Waals surface area contributed by atoms with Crippen molar-refractivity contribution in [1.82, 2.24) is 9.97 Å². The third kappa shape index (κ3) is 3.48. The quantitative estimate of drug-likeness (QED) is 0.594. The molecule has 1 fully saturated rings. The van der Waals surface area contributed by atoms with Gasteiger partial charge in [0.15, 0.2) is 5.78 Å². The lowest BCUT2D eigenvalue weighted by Gasteiger charge is -2.13. The molecule has 3 heterocycles. The molecule has 1 saturated heterocycles. The third-order valence-corrected chi connectivity index (χ3v) is 6.30. The molecule has 140 valence electrons. The van der Waals surface area contributed by atoms with E-state index in [-0.39, 0.29) is 11.8 Å². The number of nitrogens with zero attached hydrogens (tertiary/aromatic N) is 2. The Morgan fingerprint density at radius 1 is 1.33 bits per heavy atom. The van der Waals surface area contributed by atoms with Crippen molar-refractivity contribution in [3.63, 3.8) is 0 Å². The zero-order valence-electron chi connectivity index (χ0n) is 14.4. The number of ether oxygens (including phenoxy) is 1. The van der Waals surface area contributed by atoms with E-state index in [4.69, 9.17) is 33.7 Å². The van der Waals surface area contributed by atoms with E-state index in [1.807, 2.05) is 6.07 Å². The zero-order chi connectivity index (χ0) is 19.1. The van der Waals surface area contributed by atoms with E-state index >= 15 is 0 Å². The highest BCUT2D eigenvalue weighted by Gasteiger charge is 2.22. The van der Waals surface area contributed by atoms with Gasteiger partial charge in [0, 0.05) is 19.1 Å². The van der Waals surface area contributed by atoms with Gasteiger partial charge < -0.3 is 15.8 Å². The number of benzene rings is 1. The van der Waals surface area contributed by atoms with Gasteiger partial charge in [0.05, 0.1) is 44.3 Å². The highest BCUT2D eigenvalue weighted by atomic mass is 35.5. The van der Waals surface area contributed by atoms with Crippen LogP contribution in [0.25, 0.3) is 21.5 Å². The van der Waals surface area contributed by atoms with Gasteiger partial charge >= 0.3 is 0 Å². The summed E-state index contributed by atoms with van der Waals surface area (Å²) in [6, 6.07) is 5.41. The number of halogens is 2. The molecule has 1 aliphatic heterocycles. The first kappa shape index (κ1) is 18.4. The van der Waals surface area contributed by atoms with Crippen molar-refractivity contribution in [3.05, 3.63) is 33.1 Å². The molecule has 27 heavy (non-hydrogen) atoms. The molecule has 3 aromatic rings. The van der Waals surface area contributed by atoms with Crippen molar-refractivity contribution < 1.29 is 9.53 Å². The summed E-state index contributed by atoms with van der Waals surface area (Å²) in [7, 11) is 0. The molecule has 3 N–H and O–H groups in total. The van der Waals surface area contributed by atoms with Gasteiger partial charge in [-0.05, 0) is 18.6 Å². The fourth-order valence-electron chi connectivity index (χ4n) is 3.03. The van der Waals surface area contributed by atoms with Gasteiger partial charge in [-0.2, -0.15) is 0 Å². The second-order valence-corrected chi connectivity index (χ2v) is 8.12. The van der Waals surface area contributed by atoms with Crippen LogP contribution in [0, 0.1) is 0 Å². The van der Waals surface area contributed by atoms with E-state index < -0.39 is 0 Å². The predicted octanol–water partition coefficient (Wildman–Crippen LogP) is 4.65. The average molecular weight is 423 g/mol. The molecule has 1 atom stereocenters. The van der Waals surface area contributed by atoms with Crippen LogP contribution in [0.1, 0.15) is 23.0 Å². The van der Waals surface area contributed by atoms with Crippen LogP contribution < -0.4 is 11.1 Å². The van der Waals surface area contributed by atoms with Crippen molar-refractivity contribution in [1.29, 1.82) is 0 Å². The number of nitrogen functional groups attached to an aromatic ring is 1. The first-order valence-corrected chi connectivity index (χ1v) is 9.92. The summed E-state index contributed by atoms with van der Waals surface area (Å²) >= 11 is 13.5. The van der Waals surface area contributed by atoms with Crippen LogP contribution in [0.5, 0.6) is 0 Å². The Morgan fingerprint density at radius 3 is 2.81 bits per heavy atom. The minimum atomic E-state index is -0.103. The SMILES string of the molecule is CC(=O)c1sc2nc(N[C@H]3CCOC3)nc(-c3ccc(Cl)c(Cl)c3)c2c1N. The van der Waals surface area contributed by atoms with E-state index in [1.54, 1.807) is 12.1 Å². The number of Topliss-reactive ketones (excluding diaryl/α,β-unsaturated/α-hetero) is 1. The summed E-state index contributed by atoms with van der Waals surface area (Å²) in [5.74, 6) is 0.365. The van der Waals surface area contributed by atoms with E-state index in [2.05, 4.69) is 15.3 Å². The summed E-state index contributed by atoms with van der Waals surface area (Å²) in [5, 5.41) is 4.82. The maximum atomic E-state index is 12.0. The van der Waals surface area contributed by atoms with Gasteiger partial charge in [-0.15, -0.1) is 11.3 Å². The van der Waals surface area contributed by atoms with E-state index in [9.17, 15) is 4.79 Å². The molecule has 1 aliphatic rings. The number of hydrogen-bond donors (Lipinski definition) is 2. The summed E-state index contributed by atoms with van der Waals surface area (Å²) in [5.41, 5.74) is 8.02. The van der Waals surface area contributed by atoms with Gasteiger partial charge in [0.2, 0.25) is 5.95 Å². The number of nitrogens with two attached hydrogens (primary N) is 1. The first-order valence-electron chi connectivity index (χ1n) is 8.34. The fraction of sp³-hybridized carbons (Fsp3) is 0.278. The highest BCUT2D eigenvalue weighted by molar-refractivity contribution is 7.21. The first-order chi connectivity index (χ1) is 12.9. The van der Waals surface area contributed by atoms with Crippen molar-refractivity contribution in [2.24, 2.45) is 0 Å². The second-order valence-electron chi connectivity index (χ2n) is 6.31. The van der Waals surface area contributed by atoms with E-state index in [1.165, 1.54) is 18.3 Å². The van der Waals surface area contributed by atoms with Crippen LogP contribution >= 0.6 is 34.5 Å². The normalized spacial score (nSPS) is 16.8. The third-order valence-electron chi connectivity index (χ3n) is 4.36. The number of fused-ring (bicyclic) bond motifs is 1. The van der Waals surface area contributed by atoms with Crippen LogP contribution in [-0.4, -0.2) is 35.0 Å². The van der Waals surface area contributed by atoms with Crippen LogP contribution in [-0.2, 0) is 4.74 Å². The Hall–Kier alpha value is -1.93. The van der Waals surface area contributed by atoms with E-state index in [0.717, 1.165) is 12.0 Å². The number of hydrogen-bond acceptors (Lipinski definition) is 7. The molecule has 2 aromatic heterocycles. The minimum absolute atomic E-state index is 0.103. The molecule has 1 aromatic carbocycles. The summed E-state index contributed by atoms with van der Waals surface area (Å²) in [4.78, 5) is 22.3.